The number of anilines is 1. The lowest BCUT2D eigenvalue weighted by atomic mass is 10.0. The number of fused-ring (bicyclic) bond motifs is 1. The van der Waals surface area contributed by atoms with E-state index in [0.29, 0.717) is 10.9 Å². The van der Waals surface area contributed by atoms with E-state index in [0.717, 1.165) is 41.1 Å². The lowest BCUT2D eigenvalue weighted by Crippen LogP contribution is -2.18. The van der Waals surface area contributed by atoms with Crippen LogP contribution in [0.15, 0.2) is 36.5 Å². The molecule has 0 aliphatic heterocycles. The van der Waals surface area contributed by atoms with E-state index in [4.69, 9.17) is 10.5 Å². The lowest BCUT2D eigenvalue weighted by molar-refractivity contribution is 0.100. The van der Waals surface area contributed by atoms with Crippen molar-refractivity contribution in [2.24, 2.45) is 5.73 Å². The second kappa shape index (κ2) is 9.30. The highest BCUT2D eigenvalue weighted by molar-refractivity contribution is 7.21. The number of nitrogens with two attached hydrogens (primary N) is 1. The maximum atomic E-state index is 13.4. The van der Waals surface area contributed by atoms with Gasteiger partial charge in [0.15, 0.2) is 12.4 Å². The molecule has 0 atom stereocenters. The SMILES string of the molecule is Cc1ccc(C)c(OCn2ccc(C(=O)Nc3c(C(N)=O)sc4nc(C(F)F)cc(C5CC5)c34)n2)c1. The van der Waals surface area contributed by atoms with Gasteiger partial charge in [-0.1, -0.05) is 12.1 Å². The van der Waals surface area contributed by atoms with E-state index in [1.807, 2.05) is 32.0 Å². The molecule has 0 saturated heterocycles. The van der Waals surface area contributed by atoms with Crippen molar-refractivity contribution in [1.29, 1.82) is 0 Å². The van der Waals surface area contributed by atoms with E-state index in [9.17, 15) is 18.4 Å². The molecule has 3 aromatic heterocycles. The van der Waals surface area contributed by atoms with Gasteiger partial charge in [0, 0.05) is 11.6 Å². The molecule has 1 saturated carbocycles. The van der Waals surface area contributed by atoms with Crippen LogP contribution in [0.1, 0.15) is 67.7 Å². The van der Waals surface area contributed by atoms with Crippen molar-refractivity contribution in [3.8, 4) is 5.75 Å². The summed E-state index contributed by atoms with van der Waals surface area (Å²) in [7, 11) is 0. The van der Waals surface area contributed by atoms with Gasteiger partial charge in [0.1, 0.15) is 21.2 Å². The Bertz CT molecular complexity index is 1490. The molecule has 1 aromatic carbocycles. The number of hydrogen-bond donors (Lipinski definition) is 2. The minimum absolute atomic E-state index is 0.0526. The number of benzene rings is 1. The predicted molar refractivity (Wildman–Crippen MR) is 132 cm³/mol. The fourth-order valence-electron chi connectivity index (χ4n) is 4.00. The Labute approximate surface area is 209 Å². The van der Waals surface area contributed by atoms with Gasteiger partial charge in [-0.15, -0.1) is 11.3 Å². The Balaban J connectivity index is 1.42. The number of nitrogens with zero attached hydrogens (tertiary/aromatic N) is 3. The summed E-state index contributed by atoms with van der Waals surface area (Å²) >= 11 is 0.894. The fraction of sp³-hybridized carbons (Fsp3) is 0.280. The number of carbonyl (C=O) groups excluding carboxylic acids is 2. The Hall–Kier alpha value is -3.86. The van der Waals surface area contributed by atoms with Gasteiger partial charge in [-0.05, 0) is 67.5 Å². The van der Waals surface area contributed by atoms with Crippen LogP contribution >= 0.6 is 11.3 Å². The number of halogens is 2. The summed E-state index contributed by atoms with van der Waals surface area (Å²) in [4.78, 5) is 29.6. The van der Waals surface area contributed by atoms with Crippen LogP contribution < -0.4 is 15.8 Å². The second-order valence-corrected chi connectivity index (χ2v) is 9.80. The number of carbonyl (C=O) groups is 2. The summed E-state index contributed by atoms with van der Waals surface area (Å²) in [6, 6.07) is 8.76. The molecule has 11 heteroatoms. The average molecular weight is 512 g/mol. The second-order valence-electron chi connectivity index (χ2n) is 8.80. The van der Waals surface area contributed by atoms with Crippen LogP contribution in [-0.2, 0) is 6.73 Å². The molecule has 2 amide bonds. The summed E-state index contributed by atoms with van der Waals surface area (Å²) in [6.07, 6.45) is 0.523. The zero-order valence-corrected chi connectivity index (χ0v) is 20.4. The maximum absolute atomic E-state index is 13.4. The summed E-state index contributed by atoms with van der Waals surface area (Å²) < 4.78 is 34.2. The van der Waals surface area contributed by atoms with E-state index in [1.54, 1.807) is 6.20 Å². The van der Waals surface area contributed by atoms with Gasteiger partial charge in [0.2, 0.25) is 0 Å². The molecule has 3 N–H and O–H groups in total. The maximum Gasteiger partial charge on any atom is 0.280 e. The highest BCUT2D eigenvalue weighted by Crippen LogP contribution is 2.48. The lowest BCUT2D eigenvalue weighted by Gasteiger charge is -2.10. The zero-order valence-electron chi connectivity index (χ0n) is 19.5. The molecule has 186 valence electrons. The van der Waals surface area contributed by atoms with Crippen LogP contribution in [0.3, 0.4) is 0 Å². The van der Waals surface area contributed by atoms with E-state index < -0.39 is 18.2 Å². The van der Waals surface area contributed by atoms with Gasteiger partial charge in [-0.25, -0.2) is 18.4 Å². The van der Waals surface area contributed by atoms with Crippen LogP contribution in [0, 0.1) is 13.8 Å². The first-order valence-corrected chi connectivity index (χ1v) is 12.1. The molecule has 1 aliphatic carbocycles. The minimum Gasteiger partial charge on any atom is -0.471 e. The first-order valence-electron chi connectivity index (χ1n) is 11.3. The smallest absolute Gasteiger partial charge is 0.280 e. The van der Waals surface area contributed by atoms with Crippen molar-refractivity contribution in [2.75, 3.05) is 5.32 Å². The molecular weight excluding hydrogens is 488 g/mol. The van der Waals surface area contributed by atoms with Crippen LogP contribution in [-0.4, -0.2) is 26.6 Å². The number of primary amides is 1. The fourth-order valence-corrected chi connectivity index (χ4v) is 5.02. The number of hydrogen-bond acceptors (Lipinski definition) is 6. The summed E-state index contributed by atoms with van der Waals surface area (Å²) in [5.41, 5.74) is 8.16. The molecule has 5 rings (SSSR count). The third-order valence-corrected chi connectivity index (χ3v) is 7.08. The van der Waals surface area contributed by atoms with E-state index >= 15 is 0 Å². The molecule has 1 fully saturated rings. The normalized spacial score (nSPS) is 13.4. The van der Waals surface area contributed by atoms with Crippen LogP contribution in [0.4, 0.5) is 14.5 Å². The number of pyridine rings is 1. The van der Waals surface area contributed by atoms with Gasteiger partial charge >= 0.3 is 0 Å². The number of amides is 2. The van der Waals surface area contributed by atoms with Crippen LogP contribution in [0.25, 0.3) is 10.2 Å². The number of thiophene rings is 1. The first kappa shape index (κ1) is 23.9. The van der Waals surface area contributed by atoms with Gasteiger partial charge < -0.3 is 15.8 Å². The average Bonchev–Trinajstić information content (AvgIpc) is 3.46. The third-order valence-electron chi connectivity index (χ3n) is 5.98. The summed E-state index contributed by atoms with van der Waals surface area (Å²) in [6.45, 7) is 4.00. The van der Waals surface area contributed by atoms with Gasteiger partial charge in [0.25, 0.3) is 18.2 Å². The number of ether oxygens (including phenoxy) is 1. The Morgan fingerprint density at radius 3 is 2.72 bits per heavy atom. The minimum atomic E-state index is -2.75. The molecule has 1 aliphatic rings. The summed E-state index contributed by atoms with van der Waals surface area (Å²) in [5, 5.41) is 7.48. The zero-order chi connectivity index (χ0) is 25.6. The molecule has 4 aromatic rings. The number of aromatic nitrogens is 3. The number of aryl methyl sites for hydroxylation is 2. The van der Waals surface area contributed by atoms with Crippen molar-refractivity contribution in [1.82, 2.24) is 14.8 Å². The van der Waals surface area contributed by atoms with E-state index in [2.05, 4.69) is 15.4 Å². The molecule has 3 heterocycles. The Morgan fingerprint density at radius 2 is 2.03 bits per heavy atom. The largest absolute Gasteiger partial charge is 0.471 e. The monoisotopic (exact) mass is 511 g/mol. The number of alkyl halides is 2. The first-order chi connectivity index (χ1) is 17.2. The highest BCUT2D eigenvalue weighted by atomic mass is 32.1. The van der Waals surface area contributed by atoms with Crippen molar-refractivity contribution in [2.45, 2.75) is 45.8 Å². The molecule has 36 heavy (non-hydrogen) atoms. The van der Waals surface area contributed by atoms with Crippen molar-refractivity contribution < 1.29 is 23.1 Å². The molecule has 0 unspecified atom stereocenters. The van der Waals surface area contributed by atoms with Crippen LogP contribution in [0.2, 0.25) is 0 Å². The standard InChI is InChI=1S/C25H23F2N5O3S/c1-12-3-4-13(2)18(9-12)35-11-32-8-7-16(31-32)24(34)30-20-19-15(14-5-6-14)10-17(22(26)27)29-25(19)36-21(20)23(28)33/h3-4,7-10,14,22H,5-6,11H2,1-2H3,(H2,28,33)(H,30,34). The topological polar surface area (TPSA) is 112 Å². The highest BCUT2D eigenvalue weighted by Gasteiger charge is 2.32. The van der Waals surface area contributed by atoms with E-state index in [1.165, 1.54) is 16.8 Å². The van der Waals surface area contributed by atoms with Crippen molar-refractivity contribution in [3.05, 3.63) is 69.5 Å². The van der Waals surface area contributed by atoms with E-state index in [-0.39, 0.29) is 39.4 Å². The van der Waals surface area contributed by atoms with Gasteiger partial charge in [0.05, 0.1) is 5.69 Å². The number of nitrogens with one attached hydrogen (secondary N) is 1. The quantitative estimate of drug-likeness (QED) is 0.333. The molecule has 0 spiro atoms. The summed E-state index contributed by atoms with van der Waals surface area (Å²) in [5.74, 6) is -0.556. The van der Waals surface area contributed by atoms with Crippen LogP contribution in [0.5, 0.6) is 5.75 Å². The number of rotatable bonds is 8. The van der Waals surface area contributed by atoms with Crippen molar-refractivity contribution in [3.63, 3.8) is 0 Å². The molecule has 0 bridgehead atoms. The molecular formula is C25H23F2N5O3S. The predicted octanol–water partition coefficient (Wildman–Crippen LogP) is 5.31. The third kappa shape index (κ3) is 4.66. The van der Waals surface area contributed by atoms with Gasteiger partial charge in [-0.3, -0.25) is 9.59 Å². The Kier molecular flexibility index (Phi) is 6.17. The van der Waals surface area contributed by atoms with Gasteiger partial charge in [-0.2, -0.15) is 5.10 Å². The molecule has 8 nitrogen and oxygen atoms in total. The molecule has 0 radical (unpaired) electrons. The van der Waals surface area contributed by atoms with Crippen molar-refractivity contribution >= 4 is 39.1 Å². The Morgan fingerprint density at radius 1 is 1.25 bits per heavy atom.